The Bertz CT molecular complexity index is 1280. The Kier molecular flexibility index (Phi) is 3.71. The minimum Gasteiger partial charge on any atom is -0.298 e. The van der Waals surface area contributed by atoms with Gasteiger partial charge in [-0.05, 0) is 37.5 Å². The van der Waals surface area contributed by atoms with Crippen LogP contribution in [0, 0.1) is 6.92 Å². The van der Waals surface area contributed by atoms with Gasteiger partial charge in [-0.15, -0.1) is 0 Å². The van der Waals surface area contributed by atoms with Gasteiger partial charge in [0.1, 0.15) is 11.5 Å². The van der Waals surface area contributed by atoms with Crippen LogP contribution in [0.15, 0.2) is 36.8 Å². The predicted octanol–water partition coefficient (Wildman–Crippen LogP) is 2.83. The Balaban J connectivity index is 1.52. The molecule has 0 aliphatic heterocycles. The van der Waals surface area contributed by atoms with Crippen LogP contribution in [0.25, 0.3) is 16.9 Å². The lowest BCUT2D eigenvalue weighted by Gasteiger charge is -2.17. The molecule has 3 aromatic heterocycles. The van der Waals surface area contributed by atoms with Crippen LogP contribution in [0.5, 0.6) is 0 Å². The maximum Gasteiger partial charge on any atom is 0.182 e. The monoisotopic (exact) mass is 386 g/mol. The van der Waals surface area contributed by atoms with Gasteiger partial charge in [0.2, 0.25) is 0 Å². The summed E-state index contributed by atoms with van der Waals surface area (Å²) >= 11 is 0. The second kappa shape index (κ2) is 6.07. The van der Waals surface area contributed by atoms with E-state index >= 15 is 0 Å². The zero-order valence-corrected chi connectivity index (χ0v) is 17.0. The summed E-state index contributed by atoms with van der Waals surface area (Å²) in [6.45, 7) is 5.96. The molecule has 7 nitrogen and oxygen atoms in total. The molecule has 4 aromatic rings. The van der Waals surface area contributed by atoms with E-state index in [2.05, 4.69) is 33.4 Å². The third kappa shape index (κ3) is 2.76. The highest BCUT2D eigenvalue weighted by Gasteiger charge is 2.37. The van der Waals surface area contributed by atoms with E-state index in [9.17, 15) is 4.79 Å². The molecule has 0 N–H and O–H groups in total. The summed E-state index contributed by atoms with van der Waals surface area (Å²) in [7, 11) is 1.89. The Labute approximate surface area is 168 Å². The molecule has 0 fully saturated rings. The standard InChI is InChI=1S/C22H22N6O/c1-13-16(12-27(4)25-13)20-21-24-19(26-28(21)8-7-23-20)10-14-5-6-17-15(9-14)11-18(29)22(17,2)3/h5-9,12H,10-11H2,1-4H3. The summed E-state index contributed by atoms with van der Waals surface area (Å²) in [4.78, 5) is 21.6. The molecule has 0 saturated heterocycles. The molecule has 5 rings (SSSR count). The summed E-state index contributed by atoms with van der Waals surface area (Å²) < 4.78 is 3.55. The third-order valence-electron chi connectivity index (χ3n) is 5.82. The van der Waals surface area contributed by atoms with Crippen LogP contribution < -0.4 is 0 Å². The van der Waals surface area contributed by atoms with Crippen molar-refractivity contribution in [2.75, 3.05) is 0 Å². The van der Waals surface area contributed by atoms with Gasteiger partial charge in [0.15, 0.2) is 11.5 Å². The van der Waals surface area contributed by atoms with Crippen LogP contribution in [-0.2, 0) is 30.1 Å². The number of Topliss-reactive ketones (excluding diaryl/α,β-unsaturated/α-hetero) is 1. The number of rotatable bonds is 3. The number of fused-ring (bicyclic) bond motifs is 2. The summed E-state index contributed by atoms with van der Waals surface area (Å²) in [5, 5.41) is 9.05. The number of carbonyl (C=O) groups excluding carboxylic acids is 1. The van der Waals surface area contributed by atoms with Crippen LogP contribution in [0.2, 0.25) is 0 Å². The van der Waals surface area contributed by atoms with E-state index in [1.54, 1.807) is 15.4 Å². The molecular formula is C22H22N6O. The van der Waals surface area contributed by atoms with Crippen molar-refractivity contribution < 1.29 is 4.79 Å². The Hall–Kier alpha value is -3.35. The molecule has 3 heterocycles. The molecule has 29 heavy (non-hydrogen) atoms. The van der Waals surface area contributed by atoms with Gasteiger partial charge in [-0.3, -0.25) is 14.5 Å². The fourth-order valence-corrected chi connectivity index (χ4v) is 4.20. The number of carbonyl (C=O) groups is 1. The van der Waals surface area contributed by atoms with Gasteiger partial charge in [-0.2, -0.15) is 10.2 Å². The van der Waals surface area contributed by atoms with Crippen LogP contribution in [0.1, 0.15) is 42.1 Å². The molecule has 0 atom stereocenters. The van der Waals surface area contributed by atoms with Crippen LogP contribution >= 0.6 is 0 Å². The van der Waals surface area contributed by atoms with Gasteiger partial charge >= 0.3 is 0 Å². The maximum absolute atomic E-state index is 12.3. The molecule has 1 aromatic carbocycles. The summed E-state index contributed by atoms with van der Waals surface area (Å²) in [6, 6.07) is 6.28. The fraction of sp³-hybridized carbons (Fsp3) is 0.318. The molecule has 0 unspecified atom stereocenters. The zero-order chi connectivity index (χ0) is 20.3. The molecule has 1 aliphatic rings. The molecule has 0 radical (unpaired) electrons. The predicted molar refractivity (Wildman–Crippen MR) is 109 cm³/mol. The average molecular weight is 386 g/mol. The van der Waals surface area contributed by atoms with Crippen LogP contribution in [0.3, 0.4) is 0 Å². The smallest absolute Gasteiger partial charge is 0.182 e. The van der Waals surface area contributed by atoms with Crippen molar-refractivity contribution in [3.63, 3.8) is 0 Å². The largest absolute Gasteiger partial charge is 0.298 e. The molecule has 7 heteroatoms. The summed E-state index contributed by atoms with van der Waals surface area (Å²) in [6.07, 6.45) is 6.60. The Morgan fingerprint density at radius 3 is 2.79 bits per heavy atom. The van der Waals surface area contributed by atoms with Crippen LogP contribution in [-0.4, -0.2) is 35.1 Å². The second-order valence-electron chi connectivity index (χ2n) is 8.27. The summed E-state index contributed by atoms with van der Waals surface area (Å²) in [5.74, 6) is 1.00. The fourth-order valence-electron chi connectivity index (χ4n) is 4.20. The lowest BCUT2D eigenvalue weighted by Crippen LogP contribution is -2.23. The van der Waals surface area contributed by atoms with E-state index in [1.165, 1.54) is 0 Å². The van der Waals surface area contributed by atoms with E-state index in [0.717, 1.165) is 45.1 Å². The molecule has 0 amide bonds. The van der Waals surface area contributed by atoms with Gasteiger partial charge in [0, 0.05) is 49.5 Å². The van der Waals surface area contributed by atoms with Gasteiger partial charge in [-0.1, -0.05) is 18.2 Å². The minimum atomic E-state index is -0.392. The van der Waals surface area contributed by atoms with E-state index in [1.807, 2.05) is 40.2 Å². The minimum absolute atomic E-state index is 0.276. The van der Waals surface area contributed by atoms with Gasteiger partial charge in [0.05, 0.1) is 5.69 Å². The van der Waals surface area contributed by atoms with Gasteiger partial charge in [-0.25, -0.2) is 9.50 Å². The molecule has 0 saturated carbocycles. The molecular weight excluding hydrogens is 364 g/mol. The van der Waals surface area contributed by atoms with Gasteiger partial charge < -0.3 is 0 Å². The number of aromatic nitrogens is 6. The van der Waals surface area contributed by atoms with Crippen molar-refractivity contribution >= 4 is 11.4 Å². The van der Waals surface area contributed by atoms with E-state index < -0.39 is 5.41 Å². The highest BCUT2D eigenvalue weighted by atomic mass is 16.1. The highest BCUT2D eigenvalue weighted by Crippen LogP contribution is 2.36. The zero-order valence-electron chi connectivity index (χ0n) is 17.0. The number of hydrogen-bond donors (Lipinski definition) is 0. The van der Waals surface area contributed by atoms with E-state index in [0.29, 0.717) is 12.8 Å². The lowest BCUT2D eigenvalue weighted by atomic mass is 9.85. The Morgan fingerprint density at radius 2 is 2.03 bits per heavy atom. The highest BCUT2D eigenvalue weighted by molar-refractivity contribution is 5.95. The SMILES string of the molecule is Cc1nn(C)cc1-c1nccn2nc(Cc3ccc4c(c3)CC(=O)C4(C)C)nc12. The van der Waals surface area contributed by atoms with Crippen molar-refractivity contribution in [1.82, 2.24) is 29.4 Å². The van der Waals surface area contributed by atoms with Crippen molar-refractivity contribution in [3.8, 4) is 11.3 Å². The quantitative estimate of drug-likeness (QED) is 0.541. The number of nitrogens with zero attached hydrogens (tertiary/aromatic N) is 6. The number of hydrogen-bond acceptors (Lipinski definition) is 5. The number of aryl methyl sites for hydroxylation is 2. The normalized spacial score (nSPS) is 15.2. The second-order valence-corrected chi connectivity index (χ2v) is 8.27. The summed E-state index contributed by atoms with van der Waals surface area (Å²) in [5.41, 5.74) is 6.32. The first-order chi connectivity index (χ1) is 13.8. The topological polar surface area (TPSA) is 78.0 Å². The van der Waals surface area contributed by atoms with E-state index in [-0.39, 0.29) is 5.78 Å². The average Bonchev–Trinajstić information content (AvgIpc) is 3.29. The molecule has 0 bridgehead atoms. The lowest BCUT2D eigenvalue weighted by molar-refractivity contribution is -0.121. The van der Waals surface area contributed by atoms with Crippen molar-refractivity contribution in [2.45, 2.75) is 39.0 Å². The first-order valence-corrected chi connectivity index (χ1v) is 9.69. The van der Waals surface area contributed by atoms with Gasteiger partial charge in [0.25, 0.3) is 0 Å². The first kappa shape index (κ1) is 17.7. The van der Waals surface area contributed by atoms with Crippen molar-refractivity contribution in [3.05, 3.63) is 65.0 Å². The maximum atomic E-state index is 12.3. The van der Waals surface area contributed by atoms with Crippen LogP contribution in [0.4, 0.5) is 0 Å². The number of benzene rings is 1. The molecule has 146 valence electrons. The Morgan fingerprint density at radius 1 is 1.21 bits per heavy atom. The molecule has 0 spiro atoms. The van der Waals surface area contributed by atoms with Crippen molar-refractivity contribution in [2.24, 2.45) is 7.05 Å². The third-order valence-corrected chi connectivity index (χ3v) is 5.82. The first-order valence-electron chi connectivity index (χ1n) is 9.69. The molecule has 1 aliphatic carbocycles. The number of ketones is 1. The van der Waals surface area contributed by atoms with E-state index in [4.69, 9.17) is 4.98 Å². The van der Waals surface area contributed by atoms with Crippen molar-refractivity contribution in [1.29, 1.82) is 0 Å².